The minimum absolute atomic E-state index is 0.190. The van der Waals surface area contributed by atoms with Gasteiger partial charge in [-0.1, -0.05) is 58.2 Å². The van der Waals surface area contributed by atoms with Gasteiger partial charge in [-0.2, -0.15) is 0 Å². The number of allylic oxidation sites excluding steroid dienone is 9. The molecule has 1 atom stereocenters. The zero-order valence-electron chi connectivity index (χ0n) is 22.0. The molecule has 7 aliphatic heterocycles. The highest BCUT2D eigenvalue weighted by molar-refractivity contribution is 5.48. The van der Waals surface area contributed by atoms with Gasteiger partial charge in [-0.3, -0.25) is 14.2 Å². The van der Waals surface area contributed by atoms with E-state index in [9.17, 15) is 0 Å². The molecule has 0 amide bonds. The molecule has 186 valence electrons. The lowest BCUT2D eigenvalue weighted by atomic mass is 9.89. The van der Waals surface area contributed by atoms with Crippen molar-refractivity contribution in [1.29, 1.82) is 0 Å². The summed E-state index contributed by atoms with van der Waals surface area (Å²) in [6.45, 7) is 13.3. The van der Waals surface area contributed by atoms with Crippen LogP contribution >= 0.6 is 0 Å². The van der Waals surface area contributed by atoms with Crippen LogP contribution in [0.1, 0.15) is 99.3 Å². The lowest BCUT2D eigenvalue weighted by Crippen LogP contribution is -2.96. The lowest BCUT2D eigenvalue weighted by Gasteiger charge is -2.78. The molecule has 7 rings (SSSR count). The van der Waals surface area contributed by atoms with E-state index >= 15 is 0 Å². The summed E-state index contributed by atoms with van der Waals surface area (Å²) in [7, 11) is 0. The third-order valence-corrected chi connectivity index (χ3v) is 6.98. The highest BCUT2D eigenvalue weighted by Gasteiger charge is 2.98. The molecule has 34 heavy (non-hydrogen) atoms. The highest BCUT2D eigenvalue weighted by Crippen LogP contribution is 2.78. The predicted molar refractivity (Wildman–Crippen MR) is 137 cm³/mol. The molecule has 0 N–H and O–H groups in total. The van der Waals surface area contributed by atoms with E-state index in [1.807, 2.05) is 0 Å². The van der Waals surface area contributed by atoms with Gasteiger partial charge in [-0.25, -0.2) is 0 Å². The van der Waals surface area contributed by atoms with Crippen molar-refractivity contribution in [1.82, 2.24) is 0 Å². The summed E-state index contributed by atoms with van der Waals surface area (Å²) >= 11 is 0. The molecule has 4 heteroatoms. The summed E-state index contributed by atoms with van der Waals surface area (Å²) in [5.41, 5.74) is 8.39. The fourth-order valence-corrected chi connectivity index (χ4v) is 4.71. The van der Waals surface area contributed by atoms with Crippen molar-refractivity contribution in [3.05, 3.63) is 69.6 Å². The van der Waals surface area contributed by atoms with Gasteiger partial charge in [0.05, 0.1) is 0 Å². The van der Waals surface area contributed by atoms with Crippen LogP contribution in [-0.4, -0.2) is 18.1 Å². The quantitative estimate of drug-likeness (QED) is 0.147. The Balaban J connectivity index is 1.05. The van der Waals surface area contributed by atoms with Crippen molar-refractivity contribution in [2.24, 2.45) is 0 Å². The molecule has 1 unspecified atom stereocenters. The topological polar surface area (TPSA) is 40.2 Å². The number of rotatable bonds is 14. The number of unbranched alkanes of at least 4 members (excludes halogenated alkanes) is 1. The number of epoxide rings is 1. The van der Waals surface area contributed by atoms with Gasteiger partial charge in [0.1, 0.15) is 5.57 Å². The van der Waals surface area contributed by atoms with Crippen molar-refractivity contribution in [2.45, 2.75) is 117 Å². The normalized spacial score (nSPS) is 29.8. The molecule has 4 nitrogen and oxygen atoms in total. The molecule has 0 aliphatic carbocycles. The first-order valence-electron chi connectivity index (χ1n) is 13.0. The molecule has 0 aromatic rings. The first-order chi connectivity index (χ1) is 16.2. The molecule has 7 fully saturated rings. The Morgan fingerprint density at radius 3 is 1.50 bits per heavy atom. The van der Waals surface area contributed by atoms with Crippen LogP contribution < -0.4 is 0 Å². The van der Waals surface area contributed by atoms with Crippen molar-refractivity contribution in [3.8, 4) is 0 Å². The van der Waals surface area contributed by atoms with Crippen LogP contribution in [0.5, 0.6) is 0 Å². The molecular formula is C30H42O4. The third kappa shape index (κ3) is 5.67. The number of hydrogen-bond acceptors (Lipinski definition) is 4. The fraction of sp³-hybridized carbons (Fsp3) is 0.600. The van der Waals surface area contributed by atoms with E-state index < -0.39 is 11.9 Å². The summed E-state index contributed by atoms with van der Waals surface area (Å²) < 4.78 is 21.7. The van der Waals surface area contributed by atoms with Crippen molar-refractivity contribution >= 4 is 0 Å². The average molecular weight is 467 g/mol. The second kappa shape index (κ2) is 10.4. The van der Waals surface area contributed by atoms with Gasteiger partial charge in [0.25, 0.3) is 0 Å². The predicted octanol–water partition coefficient (Wildman–Crippen LogP) is 8.30. The smallest absolute Gasteiger partial charge is 0.333 e. The summed E-state index contributed by atoms with van der Waals surface area (Å²) in [5, 5.41) is 0. The second-order valence-corrected chi connectivity index (χ2v) is 10.6. The largest absolute Gasteiger partial charge is 0.482 e. The van der Waals surface area contributed by atoms with Gasteiger partial charge < -0.3 is 4.74 Å². The van der Waals surface area contributed by atoms with Gasteiger partial charge in [0.2, 0.25) is 0 Å². The molecule has 0 aromatic heterocycles. The van der Waals surface area contributed by atoms with E-state index in [0.717, 1.165) is 56.3 Å². The summed E-state index contributed by atoms with van der Waals surface area (Å²) in [6, 6.07) is 0. The van der Waals surface area contributed by atoms with Crippen molar-refractivity contribution in [3.63, 3.8) is 0 Å². The Bertz CT molecular complexity index is 932. The van der Waals surface area contributed by atoms with Crippen LogP contribution in [0.2, 0.25) is 0 Å². The van der Waals surface area contributed by atoms with E-state index in [-0.39, 0.29) is 6.10 Å². The Labute approximate surface area is 206 Å². The zero-order valence-corrected chi connectivity index (χ0v) is 22.0. The van der Waals surface area contributed by atoms with Crippen LogP contribution in [0.4, 0.5) is 0 Å². The maximum Gasteiger partial charge on any atom is 0.333 e. The van der Waals surface area contributed by atoms with E-state index in [1.54, 1.807) is 0 Å². The Hall–Kier alpha value is -1.88. The van der Waals surface area contributed by atoms with Gasteiger partial charge in [-0.05, 0) is 92.9 Å². The Morgan fingerprint density at radius 1 is 0.618 bits per heavy atom. The molecule has 7 saturated heterocycles. The Morgan fingerprint density at radius 2 is 1.06 bits per heavy atom. The number of ether oxygens (including phenoxy) is 4. The first-order valence-corrected chi connectivity index (χ1v) is 13.0. The van der Waals surface area contributed by atoms with Gasteiger partial charge in [0, 0.05) is 6.42 Å². The molecular weight excluding hydrogens is 424 g/mol. The minimum Gasteiger partial charge on any atom is -0.482 e. The van der Waals surface area contributed by atoms with Crippen LogP contribution in [0, 0.1) is 0 Å². The average Bonchev–Trinajstić information content (AvgIpc) is 3.38. The van der Waals surface area contributed by atoms with Crippen LogP contribution in [0.25, 0.3) is 0 Å². The maximum atomic E-state index is 5.73. The van der Waals surface area contributed by atoms with Crippen LogP contribution in [0.15, 0.2) is 69.6 Å². The Kier molecular flexibility index (Phi) is 7.71. The summed E-state index contributed by atoms with van der Waals surface area (Å²) in [4.78, 5) is 0. The van der Waals surface area contributed by atoms with E-state index in [2.05, 4.69) is 71.9 Å². The van der Waals surface area contributed by atoms with E-state index in [1.165, 1.54) is 40.7 Å². The van der Waals surface area contributed by atoms with Crippen LogP contribution in [0.3, 0.4) is 0 Å². The molecule has 2 bridgehead atoms. The standard InChI is InChI=1S/C30H42O4/c1-21(2)12-9-15-24(5)17-10-16-22(3)13-7-8-14-23(4)18-11-19-25(6)20-26-27(31-26)28-29-32-30(28,33-29)34-29/h12-14,17,19,26H,7-11,15-16,18,20H2,1-6H3/b22-13+,23-14+,24-17+,25-19+,28-27?. The molecule has 0 aromatic carbocycles. The summed E-state index contributed by atoms with van der Waals surface area (Å²) in [6.07, 6.45) is 22.2. The van der Waals surface area contributed by atoms with E-state index in [0.29, 0.717) is 0 Å². The van der Waals surface area contributed by atoms with Crippen LogP contribution in [-0.2, 0) is 18.9 Å². The third-order valence-electron chi connectivity index (χ3n) is 6.98. The molecule has 0 saturated carbocycles. The van der Waals surface area contributed by atoms with Gasteiger partial charge >= 0.3 is 11.9 Å². The number of hydrogen-bond donors (Lipinski definition) is 0. The summed E-state index contributed by atoms with van der Waals surface area (Å²) in [5.74, 6) is -0.640. The SMILES string of the molecule is CC(C)=CCC/C(C)=C/CC/C(C)=C/CC/C=C(\C)CC/C=C(\C)CC1OC1=C1C23OC1(O2)O3. The van der Waals surface area contributed by atoms with E-state index in [4.69, 9.17) is 18.9 Å². The van der Waals surface area contributed by atoms with Crippen molar-refractivity contribution in [2.75, 3.05) is 0 Å². The first kappa shape index (κ1) is 25.2. The second-order valence-electron chi connectivity index (χ2n) is 10.6. The fourth-order valence-electron chi connectivity index (χ4n) is 4.71. The monoisotopic (exact) mass is 466 g/mol. The molecule has 0 radical (unpaired) electrons. The molecule has 7 aliphatic rings. The maximum absolute atomic E-state index is 5.73. The zero-order chi connectivity index (χ0) is 24.3. The highest BCUT2D eigenvalue weighted by atomic mass is 17.2. The minimum atomic E-state index is -0.835. The van der Waals surface area contributed by atoms with Gasteiger partial charge in [0.15, 0.2) is 11.9 Å². The van der Waals surface area contributed by atoms with Crippen molar-refractivity contribution < 1.29 is 18.9 Å². The molecule has 0 spiro atoms. The van der Waals surface area contributed by atoms with Gasteiger partial charge in [-0.15, -0.1) is 0 Å². The lowest BCUT2D eigenvalue weighted by molar-refractivity contribution is -0.845. The molecule has 7 heterocycles.